The van der Waals surface area contributed by atoms with Crippen LogP contribution in [0.1, 0.15) is 35.7 Å². The van der Waals surface area contributed by atoms with Crippen molar-refractivity contribution in [3.05, 3.63) is 59.4 Å². The maximum Gasteiger partial charge on any atom is 0.119 e. The monoisotopic (exact) mass is 306 g/mol. The minimum atomic E-state index is 0.643. The van der Waals surface area contributed by atoms with Crippen molar-refractivity contribution in [2.24, 2.45) is 0 Å². The van der Waals surface area contributed by atoms with E-state index in [0.29, 0.717) is 12.5 Å². The summed E-state index contributed by atoms with van der Waals surface area (Å²) in [7, 11) is 0. The van der Waals surface area contributed by atoms with Crippen LogP contribution in [0, 0.1) is 13.8 Å². The molecule has 0 atom stereocenters. The number of hydrogen-bond acceptors (Lipinski definition) is 2. The standard InChI is InChI=1S/C20H22N2O/c1-14-7-10-17(13-15(14)2)23-12-11-22-19-6-4-3-5-18(19)21-20(22)16-8-9-16/h3-7,10,13,16H,8-9,11-12H2,1-2H3. The van der Waals surface area contributed by atoms with Gasteiger partial charge in [0.2, 0.25) is 0 Å². The molecule has 0 radical (unpaired) electrons. The van der Waals surface area contributed by atoms with Crippen molar-refractivity contribution in [3.8, 4) is 5.75 Å². The molecular weight excluding hydrogens is 284 g/mol. The van der Waals surface area contributed by atoms with Crippen LogP contribution in [0.15, 0.2) is 42.5 Å². The van der Waals surface area contributed by atoms with E-state index in [0.717, 1.165) is 17.8 Å². The number of aryl methyl sites for hydroxylation is 2. The number of aromatic nitrogens is 2. The fourth-order valence-corrected chi connectivity index (χ4v) is 3.04. The number of fused-ring (bicyclic) bond motifs is 1. The Hall–Kier alpha value is -2.29. The summed E-state index contributed by atoms with van der Waals surface area (Å²) in [6.07, 6.45) is 2.53. The third-order valence-corrected chi connectivity index (χ3v) is 4.69. The molecule has 2 aromatic carbocycles. The van der Waals surface area contributed by atoms with E-state index < -0.39 is 0 Å². The first-order valence-corrected chi connectivity index (χ1v) is 8.37. The summed E-state index contributed by atoms with van der Waals surface area (Å²) < 4.78 is 8.31. The Morgan fingerprint density at radius 2 is 1.91 bits per heavy atom. The zero-order valence-corrected chi connectivity index (χ0v) is 13.7. The molecule has 23 heavy (non-hydrogen) atoms. The van der Waals surface area contributed by atoms with E-state index in [4.69, 9.17) is 9.72 Å². The van der Waals surface area contributed by atoms with Gasteiger partial charge in [-0.15, -0.1) is 0 Å². The summed E-state index contributed by atoms with van der Waals surface area (Å²) in [5.74, 6) is 2.82. The molecule has 0 amide bonds. The Morgan fingerprint density at radius 1 is 1.09 bits per heavy atom. The zero-order valence-electron chi connectivity index (χ0n) is 13.7. The normalized spacial score (nSPS) is 14.3. The quantitative estimate of drug-likeness (QED) is 0.688. The lowest BCUT2D eigenvalue weighted by atomic mass is 10.1. The molecule has 118 valence electrons. The van der Waals surface area contributed by atoms with E-state index in [-0.39, 0.29) is 0 Å². The second-order valence-corrected chi connectivity index (χ2v) is 6.48. The fourth-order valence-electron chi connectivity index (χ4n) is 3.04. The molecule has 1 aliphatic carbocycles. The molecule has 1 aliphatic rings. The van der Waals surface area contributed by atoms with Gasteiger partial charge in [0.05, 0.1) is 17.6 Å². The van der Waals surface area contributed by atoms with Gasteiger partial charge in [-0.05, 0) is 62.1 Å². The average Bonchev–Trinajstić information content (AvgIpc) is 3.33. The molecule has 1 aromatic heterocycles. The van der Waals surface area contributed by atoms with E-state index in [1.54, 1.807) is 0 Å². The zero-order chi connectivity index (χ0) is 15.8. The van der Waals surface area contributed by atoms with Crippen LogP contribution in [0.4, 0.5) is 0 Å². The van der Waals surface area contributed by atoms with Gasteiger partial charge >= 0.3 is 0 Å². The van der Waals surface area contributed by atoms with Gasteiger partial charge in [0.25, 0.3) is 0 Å². The maximum absolute atomic E-state index is 5.97. The fraction of sp³-hybridized carbons (Fsp3) is 0.350. The molecule has 4 rings (SSSR count). The van der Waals surface area contributed by atoms with Crippen LogP contribution < -0.4 is 4.74 Å². The minimum absolute atomic E-state index is 0.643. The average molecular weight is 306 g/mol. The summed E-state index contributed by atoms with van der Waals surface area (Å²) >= 11 is 0. The highest BCUT2D eigenvalue weighted by molar-refractivity contribution is 5.76. The van der Waals surface area contributed by atoms with Crippen molar-refractivity contribution in [3.63, 3.8) is 0 Å². The molecule has 1 heterocycles. The van der Waals surface area contributed by atoms with Crippen molar-refractivity contribution in [2.45, 2.75) is 39.2 Å². The number of hydrogen-bond donors (Lipinski definition) is 0. The molecule has 3 aromatic rings. The number of benzene rings is 2. The Balaban J connectivity index is 1.53. The van der Waals surface area contributed by atoms with Gasteiger partial charge in [-0.1, -0.05) is 18.2 Å². The number of ether oxygens (including phenoxy) is 1. The van der Waals surface area contributed by atoms with Crippen LogP contribution in [-0.4, -0.2) is 16.2 Å². The van der Waals surface area contributed by atoms with Crippen LogP contribution >= 0.6 is 0 Å². The smallest absolute Gasteiger partial charge is 0.119 e. The summed E-state index contributed by atoms with van der Waals surface area (Å²) in [6.45, 7) is 5.76. The Morgan fingerprint density at radius 3 is 2.70 bits per heavy atom. The summed E-state index contributed by atoms with van der Waals surface area (Å²) in [5.41, 5.74) is 4.89. The van der Waals surface area contributed by atoms with Crippen LogP contribution in [0.5, 0.6) is 5.75 Å². The van der Waals surface area contributed by atoms with Crippen molar-refractivity contribution in [1.82, 2.24) is 9.55 Å². The number of imidazole rings is 1. The van der Waals surface area contributed by atoms with Gasteiger partial charge in [-0.3, -0.25) is 0 Å². The van der Waals surface area contributed by atoms with E-state index in [2.05, 4.69) is 60.9 Å². The summed E-state index contributed by atoms with van der Waals surface area (Å²) in [6, 6.07) is 14.7. The largest absolute Gasteiger partial charge is 0.492 e. The van der Waals surface area contributed by atoms with E-state index in [1.165, 1.54) is 35.3 Å². The Kier molecular flexibility index (Phi) is 3.56. The molecule has 1 saturated carbocycles. The van der Waals surface area contributed by atoms with E-state index >= 15 is 0 Å². The molecular formula is C20H22N2O. The molecule has 0 N–H and O–H groups in total. The molecule has 0 spiro atoms. The van der Waals surface area contributed by atoms with Gasteiger partial charge in [-0.25, -0.2) is 4.98 Å². The molecule has 0 aliphatic heterocycles. The van der Waals surface area contributed by atoms with Gasteiger partial charge in [0.1, 0.15) is 18.2 Å². The van der Waals surface area contributed by atoms with Crippen molar-refractivity contribution in [1.29, 1.82) is 0 Å². The van der Waals surface area contributed by atoms with Crippen LogP contribution in [0.3, 0.4) is 0 Å². The van der Waals surface area contributed by atoms with Gasteiger partial charge in [0.15, 0.2) is 0 Å². The second kappa shape index (κ2) is 5.73. The molecule has 0 saturated heterocycles. The molecule has 1 fully saturated rings. The maximum atomic E-state index is 5.97. The van der Waals surface area contributed by atoms with Crippen LogP contribution in [-0.2, 0) is 6.54 Å². The predicted molar refractivity (Wildman–Crippen MR) is 93.1 cm³/mol. The van der Waals surface area contributed by atoms with Gasteiger partial charge < -0.3 is 9.30 Å². The minimum Gasteiger partial charge on any atom is -0.492 e. The number of para-hydroxylation sites is 2. The Bertz CT molecular complexity index is 846. The van der Waals surface area contributed by atoms with Crippen LogP contribution in [0.25, 0.3) is 11.0 Å². The molecule has 3 nitrogen and oxygen atoms in total. The van der Waals surface area contributed by atoms with Gasteiger partial charge in [0, 0.05) is 5.92 Å². The van der Waals surface area contributed by atoms with Crippen LogP contribution in [0.2, 0.25) is 0 Å². The number of rotatable bonds is 5. The second-order valence-electron chi connectivity index (χ2n) is 6.48. The predicted octanol–water partition coefficient (Wildman–Crippen LogP) is 4.61. The lowest BCUT2D eigenvalue weighted by Gasteiger charge is -2.11. The third kappa shape index (κ3) is 2.83. The van der Waals surface area contributed by atoms with E-state index in [9.17, 15) is 0 Å². The molecule has 3 heteroatoms. The third-order valence-electron chi connectivity index (χ3n) is 4.69. The first-order valence-electron chi connectivity index (χ1n) is 8.37. The molecule has 0 bridgehead atoms. The highest BCUT2D eigenvalue weighted by Gasteiger charge is 2.29. The summed E-state index contributed by atoms with van der Waals surface area (Å²) in [5, 5.41) is 0. The van der Waals surface area contributed by atoms with Gasteiger partial charge in [-0.2, -0.15) is 0 Å². The van der Waals surface area contributed by atoms with Crippen molar-refractivity contribution < 1.29 is 4.74 Å². The highest BCUT2D eigenvalue weighted by atomic mass is 16.5. The number of nitrogens with zero attached hydrogens (tertiary/aromatic N) is 2. The van der Waals surface area contributed by atoms with Crippen molar-refractivity contribution in [2.75, 3.05) is 6.61 Å². The highest BCUT2D eigenvalue weighted by Crippen LogP contribution is 2.40. The first-order chi connectivity index (χ1) is 11.2. The molecule has 0 unspecified atom stereocenters. The lowest BCUT2D eigenvalue weighted by Crippen LogP contribution is -2.11. The summed E-state index contributed by atoms with van der Waals surface area (Å²) in [4.78, 5) is 4.83. The van der Waals surface area contributed by atoms with Crippen molar-refractivity contribution >= 4 is 11.0 Å². The topological polar surface area (TPSA) is 27.1 Å². The Labute approximate surface area is 136 Å². The van der Waals surface area contributed by atoms with E-state index in [1.807, 2.05) is 0 Å². The lowest BCUT2D eigenvalue weighted by molar-refractivity contribution is 0.298. The SMILES string of the molecule is Cc1ccc(OCCn2c(C3CC3)nc3ccccc32)cc1C. The first kappa shape index (κ1) is 14.3.